The summed E-state index contributed by atoms with van der Waals surface area (Å²) in [6.45, 7) is 3.46. The number of anilines is 1. The van der Waals surface area contributed by atoms with Crippen LogP contribution in [0.2, 0.25) is 0 Å². The predicted octanol–water partition coefficient (Wildman–Crippen LogP) is 2.64. The van der Waals surface area contributed by atoms with Crippen molar-refractivity contribution in [2.45, 2.75) is 26.7 Å². The van der Waals surface area contributed by atoms with Crippen LogP contribution in [0.5, 0.6) is 0 Å². The fraction of sp³-hybridized carbons (Fsp3) is 0.462. The van der Waals surface area contributed by atoms with E-state index in [9.17, 15) is 26.0 Å². The molecule has 0 saturated carbocycles. The smallest absolute Gasteiger partial charge is 0.338 e. The van der Waals surface area contributed by atoms with E-state index >= 15 is 0 Å². The molecule has 0 unspecified atom stereocenters. The summed E-state index contributed by atoms with van der Waals surface area (Å²) in [5, 5.41) is 8.67. The normalized spacial score (nSPS) is 11.3. The lowest BCUT2D eigenvalue weighted by atomic mass is 10.2. The van der Waals surface area contributed by atoms with Gasteiger partial charge in [-0.25, -0.2) is 26.0 Å². The molecule has 0 aliphatic carbocycles. The van der Waals surface area contributed by atoms with Crippen LogP contribution in [0.4, 0.5) is 10.1 Å². The summed E-state index contributed by atoms with van der Waals surface area (Å²) in [5.74, 6) is -2.35. The van der Waals surface area contributed by atoms with Crippen molar-refractivity contribution in [1.82, 2.24) is 0 Å². The maximum Gasteiger partial charge on any atom is 0.338 e. The zero-order chi connectivity index (χ0) is 19.0. The number of sulfonamides is 1. The molecular weight excluding hydrogens is 385 g/mol. The summed E-state index contributed by atoms with van der Waals surface area (Å²) < 4.78 is 58.0. The molecule has 1 aromatic carbocycles. The highest BCUT2D eigenvalue weighted by atomic mass is 35.7. The first-order valence-corrected chi connectivity index (χ1v) is 11.0. The first-order valence-electron chi connectivity index (χ1n) is 6.87. The zero-order valence-corrected chi connectivity index (χ0v) is 15.5. The average Bonchev–Trinajstić information content (AvgIpc) is 2.39. The van der Waals surface area contributed by atoms with Gasteiger partial charge < -0.3 is 5.11 Å². The second kappa shape index (κ2) is 9.80. The van der Waals surface area contributed by atoms with Crippen molar-refractivity contribution in [3.63, 3.8) is 0 Å². The lowest BCUT2D eigenvalue weighted by molar-refractivity contribution is 0.0692. The van der Waals surface area contributed by atoms with E-state index in [1.807, 2.05) is 0 Å². The number of carboxylic acids is 1. The van der Waals surface area contributed by atoms with Gasteiger partial charge in [0.2, 0.25) is 19.1 Å². The maximum absolute atomic E-state index is 13.0. The molecule has 138 valence electrons. The van der Waals surface area contributed by atoms with Gasteiger partial charge in [0, 0.05) is 16.4 Å². The molecule has 0 saturated heterocycles. The molecule has 0 fully saturated rings. The van der Waals surface area contributed by atoms with E-state index in [2.05, 4.69) is 4.72 Å². The number of nitrogens with one attached hydrogen (secondary N) is 1. The molecular formula is C13H19ClFNO6S2. The third-order valence-corrected chi connectivity index (χ3v) is 5.24. The van der Waals surface area contributed by atoms with E-state index in [4.69, 9.17) is 15.8 Å². The van der Waals surface area contributed by atoms with Crippen molar-refractivity contribution >= 4 is 41.4 Å². The zero-order valence-electron chi connectivity index (χ0n) is 13.1. The third-order valence-electron chi connectivity index (χ3n) is 2.39. The van der Waals surface area contributed by atoms with Gasteiger partial charge in [0.05, 0.1) is 17.1 Å². The number of benzene rings is 1. The highest BCUT2D eigenvalue weighted by Crippen LogP contribution is 2.16. The Bertz CT molecular complexity index is 765. The van der Waals surface area contributed by atoms with Crippen molar-refractivity contribution in [3.8, 4) is 0 Å². The van der Waals surface area contributed by atoms with Crippen LogP contribution in [0, 0.1) is 5.82 Å². The average molecular weight is 404 g/mol. The van der Waals surface area contributed by atoms with Gasteiger partial charge >= 0.3 is 5.97 Å². The number of rotatable bonds is 7. The maximum atomic E-state index is 13.0. The summed E-state index contributed by atoms with van der Waals surface area (Å²) in [4.78, 5) is 10.6. The van der Waals surface area contributed by atoms with Gasteiger partial charge in [0.15, 0.2) is 0 Å². The number of halogens is 2. The fourth-order valence-electron chi connectivity index (χ4n) is 1.50. The molecule has 0 aliphatic rings. The number of carbonyl (C=O) groups is 1. The van der Waals surface area contributed by atoms with E-state index in [1.54, 1.807) is 13.8 Å². The number of aromatic carboxylic acids is 1. The van der Waals surface area contributed by atoms with Gasteiger partial charge in [-0.15, -0.1) is 0 Å². The molecule has 2 N–H and O–H groups in total. The lowest BCUT2D eigenvalue weighted by Gasteiger charge is -2.07. The van der Waals surface area contributed by atoms with Gasteiger partial charge in [0.1, 0.15) is 5.82 Å². The van der Waals surface area contributed by atoms with Gasteiger partial charge in [0.25, 0.3) is 0 Å². The fourth-order valence-corrected chi connectivity index (χ4v) is 3.57. The monoisotopic (exact) mass is 403 g/mol. The molecule has 0 bridgehead atoms. The predicted molar refractivity (Wildman–Crippen MR) is 91.0 cm³/mol. The van der Waals surface area contributed by atoms with Crippen LogP contribution in [0.1, 0.15) is 37.0 Å². The van der Waals surface area contributed by atoms with E-state index in [0.29, 0.717) is 12.8 Å². The van der Waals surface area contributed by atoms with E-state index in [0.717, 1.165) is 12.1 Å². The largest absolute Gasteiger partial charge is 0.478 e. The molecule has 1 rings (SSSR count). The quantitative estimate of drug-likeness (QED) is 0.675. The Hall–Kier alpha value is -1.39. The van der Waals surface area contributed by atoms with Crippen molar-refractivity contribution in [1.29, 1.82) is 0 Å². The SMILES string of the molecule is CCCS(=O)(=O)Cl.CCCS(=O)(=O)Nc1ccc(F)c(C(=O)O)c1. The van der Waals surface area contributed by atoms with Crippen LogP contribution < -0.4 is 4.72 Å². The van der Waals surface area contributed by atoms with Gasteiger partial charge in [-0.1, -0.05) is 13.8 Å². The summed E-state index contributed by atoms with van der Waals surface area (Å²) in [7, 11) is -1.90. The molecule has 0 heterocycles. The van der Waals surface area contributed by atoms with Crippen LogP contribution in [0.15, 0.2) is 18.2 Å². The lowest BCUT2D eigenvalue weighted by Crippen LogP contribution is -2.16. The standard InChI is InChI=1S/C10H12FNO4S.C3H7ClO2S/c1-2-5-17(15,16)12-7-3-4-9(11)8(6-7)10(13)14;1-2-3-7(4,5)6/h3-4,6,12H,2,5H2,1H3,(H,13,14);2-3H2,1H3. The summed E-state index contributed by atoms with van der Waals surface area (Å²) in [5.41, 5.74) is -0.529. The molecule has 0 aromatic heterocycles. The topological polar surface area (TPSA) is 118 Å². The van der Waals surface area contributed by atoms with Crippen LogP contribution in [-0.4, -0.2) is 39.4 Å². The number of hydrogen-bond donors (Lipinski definition) is 2. The van der Waals surface area contributed by atoms with Crippen molar-refractivity contribution in [2.75, 3.05) is 16.2 Å². The minimum Gasteiger partial charge on any atom is -0.478 e. The minimum absolute atomic E-state index is 0.0391. The van der Waals surface area contributed by atoms with E-state index < -0.39 is 36.4 Å². The Balaban J connectivity index is 0.000000640. The van der Waals surface area contributed by atoms with E-state index in [1.165, 1.54) is 6.07 Å². The second-order valence-electron chi connectivity index (χ2n) is 4.66. The second-order valence-corrected chi connectivity index (χ2v) is 9.40. The molecule has 1 aromatic rings. The summed E-state index contributed by atoms with van der Waals surface area (Å²) in [6.07, 6.45) is 1.02. The Morgan fingerprint density at radius 1 is 1.17 bits per heavy atom. The first kappa shape index (κ1) is 22.6. The summed E-state index contributed by atoms with van der Waals surface area (Å²) in [6, 6.07) is 3.03. The highest BCUT2D eigenvalue weighted by Gasteiger charge is 2.14. The Morgan fingerprint density at radius 3 is 2.08 bits per heavy atom. The van der Waals surface area contributed by atoms with Gasteiger partial charge in [-0.2, -0.15) is 0 Å². The Morgan fingerprint density at radius 2 is 1.71 bits per heavy atom. The molecule has 0 amide bonds. The van der Waals surface area contributed by atoms with Crippen molar-refractivity contribution in [3.05, 3.63) is 29.6 Å². The molecule has 0 spiro atoms. The van der Waals surface area contributed by atoms with Crippen LogP contribution >= 0.6 is 10.7 Å². The molecule has 7 nitrogen and oxygen atoms in total. The van der Waals surface area contributed by atoms with E-state index in [-0.39, 0.29) is 17.2 Å². The van der Waals surface area contributed by atoms with Gasteiger partial charge in [-0.3, -0.25) is 4.72 Å². The molecule has 11 heteroatoms. The van der Waals surface area contributed by atoms with Gasteiger partial charge in [-0.05, 0) is 31.0 Å². The van der Waals surface area contributed by atoms with Crippen LogP contribution in [-0.2, 0) is 19.1 Å². The first-order chi connectivity index (χ1) is 10.9. The summed E-state index contributed by atoms with van der Waals surface area (Å²) >= 11 is 0. The third kappa shape index (κ3) is 9.68. The van der Waals surface area contributed by atoms with Crippen molar-refractivity contribution in [2.24, 2.45) is 0 Å². The molecule has 24 heavy (non-hydrogen) atoms. The number of hydrogen-bond acceptors (Lipinski definition) is 5. The minimum atomic E-state index is -3.51. The van der Waals surface area contributed by atoms with Crippen LogP contribution in [0.3, 0.4) is 0 Å². The molecule has 0 atom stereocenters. The Kier molecular flexibility index (Phi) is 9.23. The number of carboxylic acid groups (broad SMARTS) is 1. The Labute approximate surface area is 145 Å². The van der Waals surface area contributed by atoms with Crippen LogP contribution in [0.25, 0.3) is 0 Å². The van der Waals surface area contributed by atoms with Crippen molar-refractivity contribution < 1.29 is 31.1 Å². The molecule has 0 radical (unpaired) electrons. The molecule has 0 aliphatic heterocycles. The highest BCUT2D eigenvalue weighted by molar-refractivity contribution is 8.13.